The predicted octanol–water partition coefficient (Wildman–Crippen LogP) is 6.81. The average Bonchev–Trinajstić information content (AvgIpc) is 3.12. The van der Waals surface area contributed by atoms with Crippen molar-refractivity contribution in [2.24, 2.45) is 0 Å². The molecule has 0 N–H and O–H groups in total. The second kappa shape index (κ2) is 10.6. The number of hydrogen-bond acceptors (Lipinski definition) is 4. The van der Waals surface area contributed by atoms with Gasteiger partial charge in [-0.15, -0.1) is 0 Å². The van der Waals surface area contributed by atoms with Crippen LogP contribution in [0, 0.1) is 0 Å². The van der Waals surface area contributed by atoms with Crippen molar-refractivity contribution in [3.8, 4) is 0 Å². The quantitative estimate of drug-likeness (QED) is 0.142. The summed E-state index contributed by atoms with van der Waals surface area (Å²) >= 11 is -0.931. The van der Waals surface area contributed by atoms with Gasteiger partial charge in [0.2, 0.25) is 0 Å². The zero-order chi connectivity index (χ0) is 30.2. The zero-order valence-electron chi connectivity index (χ0n) is 24.5. The van der Waals surface area contributed by atoms with Gasteiger partial charge >= 0.3 is 289 Å². The summed E-state index contributed by atoms with van der Waals surface area (Å²) in [5.74, 6) is 0. The maximum atomic E-state index is 4.87. The molecule has 3 heterocycles. The van der Waals surface area contributed by atoms with Crippen molar-refractivity contribution in [1.29, 1.82) is 0 Å². The molecule has 0 spiro atoms. The first-order valence-electron chi connectivity index (χ1n) is 15.2. The van der Waals surface area contributed by atoms with E-state index in [-0.39, 0.29) is 0 Å². The van der Waals surface area contributed by atoms with E-state index >= 15 is 0 Å². The fourth-order valence-electron chi connectivity index (χ4n) is 6.90. The third-order valence-electron chi connectivity index (χ3n) is 8.89. The van der Waals surface area contributed by atoms with Gasteiger partial charge in [-0.2, -0.15) is 0 Å². The Bertz CT molecular complexity index is 2260. The summed E-state index contributed by atoms with van der Waals surface area (Å²) in [6.07, 6.45) is 3.62. The number of benzene rings is 7. The first-order valence-corrected chi connectivity index (χ1v) is 19.9. The fourth-order valence-corrected chi connectivity index (χ4v) is 12.9. The van der Waals surface area contributed by atoms with Crippen molar-refractivity contribution in [3.05, 3.63) is 146 Å². The Kier molecular flexibility index (Phi) is 6.15. The monoisotopic (exact) mass is 820 g/mol. The van der Waals surface area contributed by atoms with E-state index in [0.29, 0.717) is 0 Å². The molecule has 1 aromatic heterocycles. The van der Waals surface area contributed by atoms with Crippen molar-refractivity contribution in [2.75, 3.05) is 9.80 Å². The normalized spacial score (nSPS) is 13.4. The van der Waals surface area contributed by atoms with Crippen LogP contribution in [0.4, 0.5) is 34.1 Å². The van der Waals surface area contributed by atoms with Gasteiger partial charge in [-0.3, -0.25) is 0 Å². The van der Waals surface area contributed by atoms with Crippen LogP contribution in [0.1, 0.15) is 0 Å². The van der Waals surface area contributed by atoms with Crippen LogP contribution in [0.5, 0.6) is 0 Å². The Hall–Kier alpha value is -4.42. The molecule has 46 heavy (non-hydrogen) atoms. The molecule has 2 aliphatic rings. The molecule has 216 valence electrons. The minimum atomic E-state index is -0.466. The van der Waals surface area contributed by atoms with Gasteiger partial charge < -0.3 is 0 Å². The SMILES string of the molecule is c1ccc2c(c1)[Te]c1ccccc1N2c1ccc2c(c1)c1cc(N3c4ccccc4[Te]c4ccccc43)ccc1c1nccnc21. The molecule has 0 radical (unpaired) electrons. The molecule has 0 aliphatic carbocycles. The molecule has 0 bridgehead atoms. The van der Waals surface area contributed by atoms with Gasteiger partial charge in [0, 0.05) is 0 Å². The number of aromatic nitrogens is 2. The van der Waals surface area contributed by atoms with Gasteiger partial charge in [0.15, 0.2) is 0 Å². The van der Waals surface area contributed by atoms with E-state index in [4.69, 9.17) is 9.97 Å². The van der Waals surface area contributed by atoms with Crippen molar-refractivity contribution in [2.45, 2.75) is 0 Å². The molecule has 0 unspecified atom stereocenters. The van der Waals surface area contributed by atoms with E-state index in [0.717, 1.165) is 33.2 Å². The van der Waals surface area contributed by atoms with Crippen molar-refractivity contribution in [3.63, 3.8) is 0 Å². The molecular formula is C40H24N4Te2. The van der Waals surface area contributed by atoms with E-state index < -0.39 is 41.8 Å². The second-order valence-electron chi connectivity index (χ2n) is 11.5. The number of hydrogen-bond donors (Lipinski definition) is 0. The van der Waals surface area contributed by atoms with Crippen LogP contribution in [-0.2, 0) is 0 Å². The van der Waals surface area contributed by atoms with Crippen LogP contribution in [0.3, 0.4) is 0 Å². The Morgan fingerprint density at radius 3 is 1.09 bits per heavy atom. The number of rotatable bonds is 2. The number of para-hydroxylation sites is 4. The molecule has 7 aromatic carbocycles. The zero-order valence-corrected chi connectivity index (χ0v) is 29.1. The van der Waals surface area contributed by atoms with E-state index in [9.17, 15) is 0 Å². The van der Waals surface area contributed by atoms with E-state index in [1.54, 1.807) is 0 Å². The Morgan fingerprint density at radius 1 is 0.370 bits per heavy atom. The van der Waals surface area contributed by atoms with Gasteiger partial charge in [0.05, 0.1) is 0 Å². The molecule has 8 aromatic rings. The standard InChI is InChI=1S/C40H24N4Te2/c1-5-13-35-31(9-1)43(32-10-2-6-14-36(32)45-35)25-17-19-27-29(23-25)30-24-26(18-20-28(30)40-39(27)41-21-22-42-40)44-33-11-3-7-15-37(33)46-38-16-8-4-12-34(38)44/h1-24H. The predicted molar refractivity (Wildman–Crippen MR) is 194 cm³/mol. The van der Waals surface area contributed by atoms with E-state index in [2.05, 4.69) is 143 Å². The molecule has 2 aliphatic heterocycles. The van der Waals surface area contributed by atoms with Crippen molar-refractivity contribution >= 4 is 123 Å². The summed E-state index contributed by atoms with van der Waals surface area (Å²) < 4.78 is 5.87. The first-order chi connectivity index (χ1) is 22.8. The minimum absolute atomic E-state index is 0.466. The summed E-state index contributed by atoms with van der Waals surface area (Å²) in [6, 6.07) is 49.5. The second-order valence-corrected chi connectivity index (χ2v) is 17.6. The molecule has 6 heteroatoms. The van der Waals surface area contributed by atoms with Gasteiger partial charge in [-0.1, -0.05) is 0 Å². The number of nitrogens with zero attached hydrogens (tertiary/aromatic N) is 4. The molecular weight excluding hydrogens is 792 g/mol. The van der Waals surface area contributed by atoms with Gasteiger partial charge in [0.1, 0.15) is 0 Å². The van der Waals surface area contributed by atoms with Crippen molar-refractivity contribution in [1.82, 2.24) is 9.97 Å². The van der Waals surface area contributed by atoms with Gasteiger partial charge in [-0.05, 0) is 0 Å². The van der Waals surface area contributed by atoms with Crippen molar-refractivity contribution < 1.29 is 0 Å². The van der Waals surface area contributed by atoms with Crippen LogP contribution in [-0.4, -0.2) is 51.8 Å². The third kappa shape index (κ3) is 4.05. The molecule has 10 rings (SSSR count). The fraction of sp³-hybridized carbons (Fsp3) is 0. The van der Waals surface area contributed by atoms with Gasteiger partial charge in [0.25, 0.3) is 0 Å². The summed E-state index contributed by atoms with van der Waals surface area (Å²) in [6.45, 7) is 0. The van der Waals surface area contributed by atoms with Crippen LogP contribution >= 0.6 is 0 Å². The molecule has 4 nitrogen and oxygen atoms in total. The number of anilines is 6. The van der Waals surface area contributed by atoms with Crippen LogP contribution < -0.4 is 24.2 Å². The first kappa shape index (κ1) is 26.8. The Labute approximate surface area is 286 Å². The Morgan fingerprint density at radius 2 is 0.717 bits per heavy atom. The molecule has 0 saturated heterocycles. The average molecular weight is 816 g/mol. The van der Waals surface area contributed by atoms with Crippen LogP contribution in [0.15, 0.2) is 146 Å². The Balaban J connectivity index is 1.26. The summed E-state index contributed by atoms with van der Waals surface area (Å²) in [4.78, 5) is 14.6. The molecule has 0 amide bonds. The summed E-state index contributed by atoms with van der Waals surface area (Å²) in [7, 11) is 0. The third-order valence-corrected chi connectivity index (χ3v) is 15.3. The summed E-state index contributed by atoms with van der Waals surface area (Å²) in [5.41, 5.74) is 9.36. The van der Waals surface area contributed by atoms with E-state index in [1.165, 1.54) is 48.0 Å². The number of fused-ring (bicyclic) bond motifs is 10. The molecule has 0 saturated carbocycles. The topological polar surface area (TPSA) is 32.3 Å². The van der Waals surface area contributed by atoms with Crippen LogP contribution in [0.2, 0.25) is 0 Å². The summed E-state index contributed by atoms with van der Waals surface area (Å²) in [5, 5.41) is 4.61. The van der Waals surface area contributed by atoms with Crippen LogP contribution in [0.25, 0.3) is 32.6 Å². The van der Waals surface area contributed by atoms with E-state index in [1.807, 2.05) is 12.4 Å². The molecule has 0 atom stereocenters. The molecule has 0 fully saturated rings. The van der Waals surface area contributed by atoms with Gasteiger partial charge in [-0.25, -0.2) is 0 Å². The maximum absolute atomic E-state index is 4.87.